The van der Waals surface area contributed by atoms with Gasteiger partial charge in [0.2, 0.25) is 5.91 Å². The average molecular weight is 394 g/mol. The molecule has 2 aliphatic heterocycles. The fourth-order valence-corrected chi connectivity index (χ4v) is 4.11. The van der Waals surface area contributed by atoms with Gasteiger partial charge < -0.3 is 15.2 Å². The van der Waals surface area contributed by atoms with Crippen LogP contribution < -0.4 is 5.32 Å². The molecule has 0 radical (unpaired) electrons. The summed E-state index contributed by atoms with van der Waals surface area (Å²) >= 11 is 11.9. The summed E-state index contributed by atoms with van der Waals surface area (Å²) in [6, 6.07) is 4.93. The van der Waals surface area contributed by atoms with Gasteiger partial charge in [0.1, 0.15) is 5.82 Å². The van der Waals surface area contributed by atoms with Crippen LogP contribution >= 0.6 is 23.2 Å². The van der Waals surface area contributed by atoms with Crippen molar-refractivity contribution in [2.45, 2.75) is 37.6 Å². The molecular formula is C18H17Cl2N3O3. The molecule has 2 saturated heterocycles. The summed E-state index contributed by atoms with van der Waals surface area (Å²) in [5.74, 6) is -0.278. The predicted molar refractivity (Wildman–Crippen MR) is 97.4 cm³/mol. The number of hydrogen-bond donors (Lipinski definition) is 2. The summed E-state index contributed by atoms with van der Waals surface area (Å²) in [5.41, 5.74) is 1.35. The van der Waals surface area contributed by atoms with Gasteiger partial charge in [-0.05, 0) is 30.7 Å². The monoisotopic (exact) mass is 393 g/mol. The molecule has 2 aliphatic rings. The number of carbonyl (C=O) groups excluding carboxylic acids is 1. The largest absolute Gasteiger partial charge is 0.390 e. The molecule has 2 aromatic rings. The molecule has 2 bridgehead atoms. The Hall–Kier alpha value is -1.73. The zero-order valence-electron chi connectivity index (χ0n) is 13.9. The lowest BCUT2D eigenvalue weighted by atomic mass is 9.74. The van der Waals surface area contributed by atoms with Gasteiger partial charge in [0.15, 0.2) is 0 Å². The van der Waals surface area contributed by atoms with Crippen molar-refractivity contribution >= 4 is 34.8 Å². The molecule has 8 heteroatoms. The predicted octanol–water partition coefficient (Wildman–Crippen LogP) is 2.96. The van der Waals surface area contributed by atoms with Crippen LogP contribution in [0.5, 0.6) is 0 Å². The first-order chi connectivity index (χ1) is 12.4. The summed E-state index contributed by atoms with van der Waals surface area (Å²) in [4.78, 5) is 21.4. The Balaban J connectivity index is 1.61. The van der Waals surface area contributed by atoms with Crippen LogP contribution in [0.1, 0.15) is 23.7 Å². The van der Waals surface area contributed by atoms with Gasteiger partial charge in [0, 0.05) is 30.4 Å². The van der Waals surface area contributed by atoms with Crippen molar-refractivity contribution in [3.63, 3.8) is 0 Å². The molecule has 3 heterocycles. The number of aryl methyl sites for hydroxylation is 1. The highest BCUT2D eigenvalue weighted by Gasteiger charge is 2.57. The van der Waals surface area contributed by atoms with Gasteiger partial charge in [-0.3, -0.25) is 4.79 Å². The topological polar surface area (TPSA) is 84.3 Å². The Morgan fingerprint density at radius 3 is 2.69 bits per heavy atom. The maximum Gasteiger partial charge on any atom is 0.230 e. The highest BCUT2D eigenvalue weighted by atomic mass is 35.5. The molecule has 0 spiro atoms. The molecule has 0 unspecified atom stereocenters. The van der Waals surface area contributed by atoms with Crippen LogP contribution in [0.2, 0.25) is 10.0 Å². The summed E-state index contributed by atoms with van der Waals surface area (Å²) in [7, 11) is 0. The number of nitrogens with zero attached hydrogens (tertiary/aromatic N) is 2. The van der Waals surface area contributed by atoms with E-state index in [1.54, 1.807) is 37.5 Å². The number of hydrogen-bond acceptors (Lipinski definition) is 5. The maximum absolute atomic E-state index is 13.0. The minimum atomic E-state index is -0.597. The van der Waals surface area contributed by atoms with E-state index < -0.39 is 18.1 Å². The van der Waals surface area contributed by atoms with E-state index in [9.17, 15) is 9.90 Å². The lowest BCUT2D eigenvalue weighted by Gasteiger charge is -2.29. The number of halogens is 2. The minimum absolute atomic E-state index is 0.187. The van der Waals surface area contributed by atoms with Gasteiger partial charge in [-0.25, -0.2) is 9.97 Å². The molecule has 2 fully saturated rings. The zero-order chi connectivity index (χ0) is 18.4. The molecule has 0 aliphatic carbocycles. The number of fused-ring (bicyclic) bond motifs is 2. The first kappa shape index (κ1) is 17.7. The average Bonchev–Trinajstić information content (AvgIpc) is 3.16. The second kappa shape index (κ2) is 6.78. The van der Waals surface area contributed by atoms with Gasteiger partial charge in [-0.15, -0.1) is 0 Å². The van der Waals surface area contributed by atoms with Gasteiger partial charge in [0.05, 0.1) is 34.3 Å². The molecule has 26 heavy (non-hydrogen) atoms. The molecule has 136 valence electrons. The maximum atomic E-state index is 13.0. The Labute approximate surface area is 160 Å². The Bertz CT molecular complexity index is 846. The third kappa shape index (κ3) is 3.07. The lowest BCUT2D eigenvalue weighted by molar-refractivity contribution is -0.121. The van der Waals surface area contributed by atoms with Crippen LogP contribution in [0.4, 0.5) is 5.69 Å². The van der Waals surface area contributed by atoms with Crippen LogP contribution in [-0.4, -0.2) is 39.3 Å². The van der Waals surface area contributed by atoms with Gasteiger partial charge in [-0.2, -0.15) is 0 Å². The van der Waals surface area contributed by atoms with Crippen molar-refractivity contribution < 1.29 is 14.6 Å². The van der Waals surface area contributed by atoms with E-state index in [4.69, 9.17) is 27.9 Å². The molecule has 1 aromatic carbocycles. The standard InChI is InChI=1S/C18H17Cl2N3O3/c1-8-21-6-9(7-22-8)15-16(14-5-13(24)17(15)26-14)18(25)23-10-2-3-11(19)12(20)4-10/h2-4,6-7,13-17,24H,5H2,1H3,(H,23,25)/t13-,14+,15+,16-,17-/m0/s1. The van der Waals surface area contributed by atoms with E-state index >= 15 is 0 Å². The molecule has 4 rings (SSSR count). The Morgan fingerprint density at radius 2 is 2.00 bits per heavy atom. The van der Waals surface area contributed by atoms with E-state index in [-0.39, 0.29) is 17.9 Å². The summed E-state index contributed by atoms with van der Waals surface area (Å²) in [5, 5.41) is 13.9. The van der Waals surface area contributed by atoms with Crippen LogP contribution in [0.25, 0.3) is 0 Å². The molecular weight excluding hydrogens is 377 g/mol. The van der Waals surface area contributed by atoms with Gasteiger partial charge in [0.25, 0.3) is 0 Å². The number of aromatic nitrogens is 2. The first-order valence-electron chi connectivity index (χ1n) is 8.32. The van der Waals surface area contributed by atoms with Gasteiger partial charge in [-0.1, -0.05) is 23.2 Å². The van der Waals surface area contributed by atoms with Crippen LogP contribution in [0.3, 0.4) is 0 Å². The number of carbonyl (C=O) groups is 1. The summed E-state index contributed by atoms with van der Waals surface area (Å²) < 4.78 is 5.88. The van der Waals surface area contributed by atoms with Crippen molar-refractivity contribution in [1.82, 2.24) is 9.97 Å². The first-order valence-corrected chi connectivity index (χ1v) is 9.07. The number of anilines is 1. The fourth-order valence-electron chi connectivity index (χ4n) is 3.81. The van der Waals surface area contributed by atoms with E-state index in [0.717, 1.165) is 5.56 Å². The van der Waals surface area contributed by atoms with Crippen LogP contribution in [-0.2, 0) is 9.53 Å². The van der Waals surface area contributed by atoms with E-state index in [0.29, 0.717) is 28.0 Å². The third-order valence-corrected chi connectivity index (χ3v) is 5.74. The zero-order valence-corrected chi connectivity index (χ0v) is 15.4. The van der Waals surface area contributed by atoms with Crippen molar-refractivity contribution in [3.8, 4) is 0 Å². The fraction of sp³-hybridized carbons (Fsp3) is 0.389. The number of benzene rings is 1. The number of rotatable bonds is 3. The lowest BCUT2D eigenvalue weighted by Crippen LogP contribution is -2.41. The normalized spacial score (nSPS) is 29.8. The molecule has 1 amide bonds. The molecule has 0 saturated carbocycles. The van der Waals surface area contributed by atoms with Crippen LogP contribution in [0, 0.1) is 12.8 Å². The number of amides is 1. The van der Waals surface area contributed by atoms with Gasteiger partial charge >= 0.3 is 0 Å². The number of ether oxygens (including phenoxy) is 1. The Kier molecular flexibility index (Phi) is 4.61. The SMILES string of the molecule is Cc1ncc([C@H]2[C@H]3O[C@H](C[C@@H]3O)[C@@H]2C(=O)Nc2ccc(Cl)c(Cl)c2)cn1. The van der Waals surface area contributed by atoms with Crippen LogP contribution in [0.15, 0.2) is 30.6 Å². The van der Waals surface area contributed by atoms with Crippen molar-refractivity contribution in [2.24, 2.45) is 5.92 Å². The molecule has 5 atom stereocenters. The second-order valence-corrected chi connectivity index (χ2v) is 7.49. The smallest absolute Gasteiger partial charge is 0.230 e. The van der Waals surface area contributed by atoms with Crippen molar-refractivity contribution in [1.29, 1.82) is 0 Å². The second-order valence-electron chi connectivity index (χ2n) is 6.68. The number of aliphatic hydroxyl groups is 1. The number of aliphatic hydroxyl groups excluding tert-OH is 1. The highest BCUT2D eigenvalue weighted by molar-refractivity contribution is 6.42. The molecule has 6 nitrogen and oxygen atoms in total. The van der Waals surface area contributed by atoms with Crippen molar-refractivity contribution in [2.75, 3.05) is 5.32 Å². The third-order valence-electron chi connectivity index (χ3n) is 5.00. The van der Waals surface area contributed by atoms with E-state index in [1.807, 2.05) is 0 Å². The quantitative estimate of drug-likeness (QED) is 0.836. The van der Waals surface area contributed by atoms with E-state index in [2.05, 4.69) is 15.3 Å². The summed E-state index contributed by atoms with van der Waals surface area (Å²) in [6.45, 7) is 1.80. The van der Waals surface area contributed by atoms with E-state index in [1.165, 1.54) is 0 Å². The summed E-state index contributed by atoms with van der Waals surface area (Å²) in [6.07, 6.45) is 2.46. The number of nitrogens with one attached hydrogen (secondary N) is 1. The molecule has 1 aromatic heterocycles. The molecule has 2 N–H and O–H groups in total. The van der Waals surface area contributed by atoms with Crippen molar-refractivity contribution in [3.05, 3.63) is 52.0 Å². The highest BCUT2D eigenvalue weighted by Crippen LogP contribution is 2.49. The Morgan fingerprint density at radius 1 is 1.27 bits per heavy atom. The minimum Gasteiger partial charge on any atom is -0.390 e.